The lowest BCUT2D eigenvalue weighted by Crippen LogP contribution is -2.15. The molecule has 18 heavy (non-hydrogen) atoms. The summed E-state index contributed by atoms with van der Waals surface area (Å²) in [7, 11) is 0. The van der Waals surface area contributed by atoms with Crippen LogP contribution in [0, 0.1) is 12.8 Å². The van der Waals surface area contributed by atoms with E-state index in [9.17, 15) is 4.79 Å². The normalized spacial score (nSPS) is 24.1. The van der Waals surface area contributed by atoms with Crippen molar-refractivity contribution in [2.45, 2.75) is 50.5 Å². The number of aromatic carboxylic acids is 1. The number of carbonyl (C=O) groups is 1. The molecule has 0 aromatic carbocycles. The molecule has 1 aromatic rings. The minimum atomic E-state index is -0.800. The van der Waals surface area contributed by atoms with E-state index in [0.717, 1.165) is 21.8 Å². The molecule has 2 rings (SSSR count). The molecule has 1 aliphatic rings. The van der Waals surface area contributed by atoms with Gasteiger partial charge < -0.3 is 5.11 Å². The lowest BCUT2D eigenvalue weighted by Gasteiger charge is -2.26. The molecule has 0 bridgehead atoms. The summed E-state index contributed by atoms with van der Waals surface area (Å²) < 4.78 is 0. The van der Waals surface area contributed by atoms with Crippen molar-refractivity contribution in [3.8, 4) is 0 Å². The van der Waals surface area contributed by atoms with Gasteiger partial charge in [0.15, 0.2) is 0 Å². The Kier molecular flexibility index (Phi) is 4.73. The van der Waals surface area contributed by atoms with E-state index in [0.29, 0.717) is 4.88 Å². The smallest absolute Gasteiger partial charge is 0.345 e. The van der Waals surface area contributed by atoms with E-state index in [4.69, 9.17) is 5.11 Å². The van der Waals surface area contributed by atoms with E-state index in [1.165, 1.54) is 42.6 Å². The van der Waals surface area contributed by atoms with Crippen LogP contribution in [0.25, 0.3) is 0 Å². The first-order chi connectivity index (χ1) is 8.56. The van der Waals surface area contributed by atoms with Crippen molar-refractivity contribution >= 4 is 29.1 Å². The molecule has 2 unspecified atom stereocenters. The third-order valence-electron chi connectivity index (χ3n) is 3.59. The Balaban J connectivity index is 1.91. The lowest BCUT2D eigenvalue weighted by molar-refractivity contribution is 0.0702. The summed E-state index contributed by atoms with van der Waals surface area (Å²) in [6.45, 7) is 4.36. The molecule has 0 aliphatic heterocycles. The summed E-state index contributed by atoms with van der Waals surface area (Å²) in [6.07, 6.45) is 5.36. The molecule has 0 amide bonds. The summed E-state index contributed by atoms with van der Waals surface area (Å²) in [5, 5.41) is 9.74. The Labute approximate surface area is 117 Å². The Morgan fingerprint density at radius 2 is 2.33 bits per heavy atom. The number of thioether (sulfide) groups is 1. The molecule has 100 valence electrons. The number of thiophene rings is 1. The predicted molar refractivity (Wildman–Crippen MR) is 78.7 cm³/mol. The number of carboxylic acid groups (broad SMARTS) is 1. The van der Waals surface area contributed by atoms with Crippen molar-refractivity contribution in [1.82, 2.24) is 0 Å². The maximum absolute atomic E-state index is 10.9. The van der Waals surface area contributed by atoms with Gasteiger partial charge in [-0.15, -0.1) is 11.3 Å². The Morgan fingerprint density at radius 1 is 1.56 bits per heavy atom. The van der Waals surface area contributed by atoms with Gasteiger partial charge in [0.2, 0.25) is 0 Å². The second kappa shape index (κ2) is 6.11. The molecule has 1 fully saturated rings. The summed E-state index contributed by atoms with van der Waals surface area (Å²) in [4.78, 5) is 12.5. The van der Waals surface area contributed by atoms with Crippen LogP contribution in [-0.2, 0) is 5.75 Å². The van der Waals surface area contributed by atoms with Crippen molar-refractivity contribution in [3.63, 3.8) is 0 Å². The average Bonchev–Trinajstić information content (AvgIpc) is 2.68. The highest BCUT2D eigenvalue weighted by Crippen LogP contribution is 2.35. The average molecular weight is 284 g/mol. The zero-order chi connectivity index (χ0) is 13.1. The molecule has 1 aliphatic carbocycles. The molecule has 1 saturated carbocycles. The summed E-state index contributed by atoms with van der Waals surface area (Å²) in [6, 6.07) is 1.85. The molecule has 0 radical (unpaired) electrons. The first-order valence-electron chi connectivity index (χ1n) is 6.50. The molecule has 4 heteroatoms. The molecular formula is C14H20O2S2. The summed E-state index contributed by atoms with van der Waals surface area (Å²) >= 11 is 3.40. The highest BCUT2D eigenvalue weighted by atomic mass is 32.2. The van der Waals surface area contributed by atoms with Crippen molar-refractivity contribution in [2.75, 3.05) is 0 Å². The van der Waals surface area contributed by atoms with Crippen LogP contribution in [0.1, 0.15) is 52.7 Å². The SMILES string of the molecule is Cc1sc(C(=O)O)cc1CSC1CCCC(C)C1. The second-order valence-corrected chi connectivity index (χ2v) is 7.75. The van der Waals surface area contributed by atoms with E-state index in [1.54, 1.807) is 0 Å². The zero-order valence-electron chi connectivity index (χ0n) is 10.9. The maximum Gasteiger partial charge on any atom is 0.345 e. The Bertz CT molecular complexity index is 425. The largest absolute Gasteiger partial charge is 0.477 e. The topological polar surface area (TPSA) is 37.3 Å². The third kappa shape index (κ3) is 3.51. The van der Waals surface area contributed by atoms with Crippen LogP contribution >= 0.6 is 23.1 Å². The predicted octanol–water partition coefficient (Wildman–Crippen LogP) is 4.57. The van der Waals surface area contributed by atoms with Gasteiger partial charge in [0, 0.05) is 15.9 Å². The van der Waals surface area contributed by atoms with Crippen LogP contribution in [-0.4, -0.2) is 16.3 Å². The first kappa shape index (κ1) is 13.9. The van der Waals surface area contributed by atoms with Gasteiger partial charge in [-0.2, -0.15) is 11.8 Å². The van der Waals surface area contributed by atoms with Crippen LogP contribution < -0.4 is 0 Å². The van der Waals surface area contributed by atoms with Crippen LogP contribution in [0.3, 0.4) is 0 Å². The summed E-state index contributed by atoms with van der Waals surface area (Å²) in [5.41, 5.74) is 1.21. The quantitative estimate of drug-likeness (QED) is 0.880. The highest BCUT2D eigenvalue weighted by Gasteiger charge is 2.20. The van der Waals surface area contributed by atoms with Gasteiger partial charge in [-0.25, -0.2) is 4.79 Å². The van der Waals surface area contributed by atoms with Crippen molar-refractivity contribution in [1.29, 1.82) is 0 Å². The minimum absolute atomic E-state index is 0.472. The fourth-order valence-corrected chi connectivity index (χ4v) is 4.99. The number of carboxylic acids is 1. The van der Waals surface area contributed by atoms with Crippen molar-refractivity contribution in [3.05, 3.63) is 21.4 Å². The minimum Gasteiger partial charge on any atom is -0.477 e. The van der Waals surface area contributed by atoms with Crippen LogP contribution in [0.4, 0.5) is 0 Å². The fourth-order valence-electron chi connectivity index (χ4n) is 2.51. The molecular weight excluding hydrogens is 264 g/mol. The molecule has 1 aromatic heterocycles. The third-order valence-corrected chi connectivity index (χ3v) is 6.05. The summed E-state index contributed by atoms with van der Waals surface area (Å²) in [5.74, 6) is 1.02. The van der Waals surface area contributed by atoms with E-state index in [2.05, 4.69) is 6.92 Å². The molecule has 2 nitrogen and oxygen atoms in total. The molecule has 0 spiro atoms. The Hall–Kier alpha value is -0.480. The number of aryl methyl sites for hydroxylation is 1. The zero-order valence-corrected chi connectivity index (χ0v) is 12.6. The van der Waals surface area contributed by atoms with E-state index in [1.807, 2.05) is 24.8 Å². The second-order valence-electron chi connectivity index (χ2n) is 5.20. The van der Waals surface area contributed by atoms with Crippen molar-refractivity contribution in [2.24, 2.45) is 5.92 Å². The van der Waals surface area contributed by atoms with Crippen LogP contribution in [0.5, 0.6) is 0 Å². The van der Waals surface area contributed by atoms with Gasteiger partial charge in [-0.1, -0.05) is 19.8 Å². The van der Waals surface area contributed by atoms with Gasteiger partial charge in [-0.3, -0.25) is 0 Å². The van der Waals surface area contributed by atoms with Gasteiger partial charge in [0.05, 0.1) is 0 Å². The van der Waals surface area contributed by atoms with Gasteiger partial charge in [0.25, 0.3) is 0 Å². The van der Waals surface area contributed by atoms with Crippen molar-refractivity contribution < 1.29 is 9.90 Å². The number of rotatable bonds is 4. The van der Waals surface area contributed by atoms with E-state index < -0.39 is 5.97 Å². The number of hydrogen-bond donors (Lipinski definition) is 1. The van der Waals surface area contributed by atoms with E-state index >= 15 is 0 Å². The fraction of sp³-hybridized carbons (Fsp3) is 0.643. The molecule has 2 atom stereocenters. The monoisotopic (exact) mass is 284 g/mol. The molecule has 1 heterocycles. The molecule has 1 N–H and O–H groups in total. The van der Waals surface area contributed by atoms with Crippen LogP contribution in [0.2, 0.25) is 0 Å². The lowest BCUT2D eigenvalue weighted by atomic mass is 9.91. The Morgan fingerprint density at radius 3 is 2.94 bits per heavy atom. The highest BCUT2D eigenvalue weighted by molar-refractivity contribution is 7.99. The van der Waals surface area contributed by atoms with Crippen LogP contribution in [0.15, 0.2) is 6.07 Å². The van der Waals surface area contributed by atoms with Gasteiger partial charge in [-0.05, 0) is 37.3 Å². The van der Waals surface area contributed by atoms with Gasteiger partial charge >= 0.3 is 5.97 Å². The standard InChI is InChI=1S/C14H20O2S2/c1-9-4-3-5-12(6-9)17-8-11-7-13(14(15)16)18-10(11)2/h7,9,12H,3-6,8H2,1-2H3,(H,15,16). The van der Waals surface area contributed by atoms with E-state index in [-0.39, 0.29) is 0 Å². The number of hydrogen-bond acceptors (Lipinski definition) is 3. The maximum atomic E-state index is 10.9. The molecule has 0 saturated heterocycles. The first-order valence-corrected chi connectivity index (χ1v) is 8.37. The van der Waals surface area contributed by atoms with Gasteiger partial charge in [0.1, 0.15) is 4.88 Å².